The van der Waals surface area contributed by atoms with E-state index in [1.165, 1.54) is 12.8 Å². The molecule has 0 radical (unpaired) electrons. The van der Waals surface area contributed by atoms with Gasteiger partial charge in [0.25, 0.3) is 0 Å². The van der Waals surface area contributed by atoms with E-state index in [1.807, 2.05) is 23.9 Å². The zero-order valence-electron chi connectivity index (χ0n) is 15.8. The van der Waals surface area contributed by atoms with Gasteiger partial charge in [0.05, 0.1) is 5.57 Å². The van der Waals surface area contributed by atoms with Crippen molar-refractivity contribution in [3.8, 4) is 6.07 Å². The fraction of sp³-hybridized carbons (Fsp3) is 0.579. The van der Waals surface area contributed by atoms with E-state index >= 15 is 0 Å². The predicted octanol–water partition coefficient (Wildman–Crippen LogP) is 3.79. The largest absolute Gasteiger partial charge is 0.374 e. The normalized spacial score (nSPS) is 24.0. The van der Waals surface area contributed by atoms with E-state index < -0.39 is 0 Å². The summed E-state index contributed by atoms with van der Waals surface area (Å²) in [4.78, 5) is 7.26. The second kappa shape index (κ2) is 6.99. The van der Waals surface area contributed by atoms with E-state index in [0.29, 0.717) is 15.1 Å². The first-order valence-electron chi connectivity index (χ1n) is 8.90. The molecule has 0 aromatic rings. The third-order valence-corrected chi connectivity index (χ3v) is 6.91. The smallest absolute Gasteiger partial charge is 0.181 e. The Morgan fingerprint density at radius 3 is 2.00 bits per heavy atom. The summed E-state index contributed by atoms with van der Waals surface area (Å²) < 4.78 is 0. The van der Waals surface area contributed by atoms with E-state index in [2.05, 4.69) is 24.8 Å². The van der Waals surface area contributed by atoms with Crippen LogP contribution < -0.4 is 0 Å². The molecule has 0 unspecified atom stereocenters. The molecule has 3 aliphatic rings. The molecule has 0 atom stereocenters. The first-order valence-corrected chi connectivity index (χ1v) is 10.1. The van der Waals surface area contributed by atoms with E-state index in [1.54, 1.807) is 0 Å². The molecular formula is C19H24N4S3. The SMILES string of the molecule is CN1C(=S)C(=C2CC(C)(C)CC(N3CCCC3)=C2C#N)C(=S)N(C)C1=S. The number of allylic oxidation sites excluding steroid dienone is 3. The van der Waals surface area contributed by atoms with Gasteiger partial charge in [-0.05, 0) is 48.9 Å². The summed E-state index contributed by atoms with van der Waals surface area (Å²) in [5.41, 5.74) is 3.80. The van der Waals surface area contributed by atoms with Gasteiger partial charge in [-0.1, -0.05) is 38.3 Å². The van der Waals surface area contributed by atoms with Crippen molar-refractivity contribution < 1.29 is 0 Å². The monoisotopic (exact) mass is 404 g/mol. The van der Waals surface area contributed by atoms with Gasteiger partial charge in [0, 0.05) is 38.5 Å². The van der Waals surface area contributed by atoms with Crippen molar-refractivity contribution in [2.45, 2.75) is 39.5 Å². The van der Waals surface area contributed by atoms with Crippen LogP contribution in [0.1, 0.15) is 39.5 Å². The molecule has 0 amide bonds. The number of hydrogen-bond acceptors (Lipinski definition) is 5. The van der Waals surface area contributed by atoms with E-state index in [0.717, 1.165) is 48.3 Å². The Morgan fingerprint density at radius 1 is 0.962 bits per heavy atom. The van der Waals surface area contributed by atoms with Crippen LogP contribution in [0.4, 0.5) is 0 Å². The van der Waals surface area contributed by atoms with Gasteiger partial charge in [0.2, 0.25) is 0 Å². The minimum absolute atomic E-state index is 0.0565. The summed E-state index contributed by atoms with van der Waals surface area (Å²) in [6, 6.07) is 2.49. The lowest BCUT2D eigenvalue weighted by Gasteiger charge is -2.41. The highest BCUT2D eigenvalue weighted by molar-refractivity contribution is 7.84. The molecule has 0 N–H and O–H groups in total. The van der Waals surface area contributed by atoms with Crippen LogP contribution in [0.15, 0.2) is 22.4 Å². The summed E-state index contributed by atoms with van der Waals surface area (Å²) in [6.07, 6.45) is 4.07. The Labute approximate surface area is 172 Å². The molecule has 26 heavy (non-hydrogen) atoms. The summed E-state index contributed by atoms with van der Waals surface area (Å²) in [6.45, 7) is 6.56. The Kier molecular flexibility index (Phi) is 5.22. The number of hydrogen-bond donors (Lipinski definition) is 0. The number of thiocarbonyl (C=S) groups is 3. The second-order valence-corrected chi connectivity index (χ2v) is 9.15. The first kappa shape index (κ1) is 19.4. The molecule has 4 nitrogen and oxygen atoms in total. The molecule has 3 rings (SSSR count). The molecule has 7 heteroatoms. The predicted molar refractivity (Wildman–Crippen MR) is 117 cm³/mol. The second-order valence-electron chi connectivity index (χ2n) is 8.01. The van der Waals surface area contributed by atoms with E-state index in [4.69, 9.17) is 36.7 Å². The minimum Gasteiger partial charge on any atom is -0.374 e. The summed E-state index contributed by atoms with van der Waals surface area (Å²) in [7, 11) is 3.74. The molecule has 0 aromatic carbocycles. The maximum absolute atomic E-state index is 10.0. The minimum atomic E-state index is 0.0565. The molecule has 0 bridgehead atoms. The van der Waals surface area contributed by atoms with E-state index in [-0.39, 0.29) is 5.41 Å². The summed E-state index contributed by atoms with van der Waals surface area (Å²) >= 11 is 16.9. The lowest BCUT2D eigenvalue weighted by molar-refractivity contribution is 0.287. The number of likely N-dealkylation sites (tertiary alicyclic amines) is 1. The van der Waals surface area contributed by atoms with Gasteiger partial charge in [-0.25, -0.2) is 0 Å². The Morgan fingerprint density at radius 2 is 1.50 bits per heavy atom. The van der Waals surface area contributed by atoms with Crippen LogP contribution in [0, 0.1) is 16.7 Å². The van der Waals surface area contributed by atoms with Crippen LogP contribution in [0.3, 0.4) is 0 Å². The average molecular weight is 405 g/mol. The Hall–Kier alpha value is -1.36. The van der Waals surface area contributed by atoms with Gasteiger partial charge in [0.1, 0.15) is 16.0 Å². The van der Waals surface area contributed by atoms with Crippen molar-refractivity contribution in [3.05, 3.63) is 22.4 Å². The van der Waals surface area contributed by atoms with Crippen LogP contribution in [0.25, 0.3) is 0 Å². The molecule has 138 valence electrons. The quantitative estimate of drug-likeness (QED) is 0.486. The lowest BCUT2D eigenvalue weighted by Crippen LogP contribution is -2.52. The zero-order valence-corrected chi connectivity index (χ0v) is 18.2. The van der Waals surface area contributed by atoms with Crippen molar-refractivity contribution >= 4 is 51.7 Å². The molecular weight excluding hydrogens is 380 g/mol. The Balaban J connectivity index is 2.23. The highest BCUT2D eigenvalue weighted by Crippen LogP contribution is 2.45. The fourth-order valence-corrected chi connectivity index (χ4v) is 5.01. The zero-order chi connectivity index (χ0) is 19.2. The molecule has 1 aliphatic carbocycles. The van der Waals surface area contributed by atoms with Crippen LogP contribution in [0.2, 0.25) is 0 Å². The third-order valence-electron chi connectivity index (χ3n) is 5.40. The molecule has 0 saturated carbocycles. The standard InChI is InChI=1S/C19H24N4S3/c1-19(2)9-12(13(11-20)14(10-19)23-7-5-6-8-23)15-16(24)21(3)18(26)22(4)17(15)25/h5-10H2,1-4H3. The van der Waals surface area contributed by atoms with Crippen LogP contribution >= 0.6 is 36.7 Å². The van der Waals surface area contributed by atoms with Crippen molar-refractivity contribution in [2.24, 2.45) is 5.41 Å². The molecule has 2 fully saturated rings. The first-order chi connectivity index (χ1) is 12.2. The van der Waals surface area contributed by atoms with Gasteiger partial charge in [-0.2, -0.15) is 5.26 Å². The molecule has 2 aliphatic heterocycles. The fourth-order valence-electron chi connectivity index (χ4n) is 4.03. The number of nitrogens with zero attached hydrogens (tertiary/aromatic N) is 4. The van der Waals surface area contributed by atoms with Gasteiger partial charge < -0.3 is 14.7 Å². The topological polar surface area (TPSA) is 33.5 Å². The molecule has 0 spiro atoms. The van der Waals surface area contributed by atoms with Gasteiger partial charge in [-0.15, -0.1) is 0 Å². The highest BCUT2D eigenvalue weighted by Gasteiger charge is 2.39. The molecule has 2 saturated heterocycles. The van der Waals surface area contributed by atoms with Crippen molar-refractivity contribution in [3.63, 3.8) is 0 Å². The number of rotatable bonds is 1. The van der Waals surface area contributed by atoms with Gasteiger partial charge in [0.15, 0.2) is 5.11 Å². The van der Waals surface area contributed by atoms with Crippen LogP contribution in [-0.4, -0.2) is 57.0 Å². The van der Waals surface area contributed by atoms with E-state index in [9.17, 15) is 5.26 Å². The van der Waals surface area contributed by atoms with Crippen molar-refractivity contribution in [2.75, 3.05) is 27.2 Å². The van der Waals surface area contributed by atoms with Gasteiger partial charge in [-0.3, -0.25) is 0 Å². The summed E-state index contributed by atoms with van der Waals surface area (Å²) in [5.74, 6) is 0. The molecule has 2 heterocycles. The van der Waals surface area contributed by atoms with Crippen LogP contribution in [-0.2, 0) is 0 Å². The summed E-state index contributed by atoms with van der Waals surface area (Å²) in [5, 5.41) is 10.6. The number of nitriles is 1. The van der Waals surface area contributed by atoms with Crippen LogP contribution in [0.5, 0.6) is 0 Å². The maximum Gasteiger partial charge on any atom is 0.181 e. The Bertz CT molecular complexity index is 768. The number of likely N-dealkylation sites (N-methyl/N-ethyl adjacent to an activating group) is 2. The molecule has 0 aromatic heterocycles. The third kappa shape index (κ3) is 3.19. The average Bonchev–Trinajstić information content (AvgIpc) is 3.12. The maximum atomic E-state index is 10.0. The van der Waals surface area contributed by atoms with Crippen molar-refractivity contribution in [1.82, 2.24) is 14.7 Å². The van der Waals surface area contributed by atoms with Gasteiger partial charge >= 0.3 is 0 Å². The lowest BCUT2D eigenvalue weighted by atomic mass is 9.72. The highest BCUT2D eigenvalue weighted by atomic mass is 32.1. The van der Waals surface area contributed by atoms with Crippen molar-refractivity contribution in [1.29, 1.82) is 5.26 Å².